The van der Waals surface area contributed by atoms with Crippen LogP contribution >= 0.6 is 0 Å². The van der Waals surface area contributed by atoms with Crippen LogP contribution in [0.1, 0.15) is 30.1 Å². The van der Waals surface area contributed by atoms with Crippen LogP contribution in [0.4, 0.5) is 5.69 Å². The largest absolute Gasteiger partial charge is 0.490 e. The normalized spacial score (nSPS) is 14.7. The summed E-state index contributed by atoms with van der Waals surface area (Å²) in [5.74, 6) is 1.35. The second kappa shape index (κ2) is 10.7. The monoisotopic (exact) mass is 382 g/mol. The summed E-state index contributed by atoms with van der Waals surface area (Å²) in [6.07, 6.45) is 2.94. The Bertz CT molecular complexity index is 728. The van der Waals surface area contributed by atoms with Crippen LogP contribution in [0.25, 0.3) is 0 Å². The molecule has 0 unspecified atom stereocenters. The van der Waals surface area contributed by atoms with Gasteiger partial charge in [0.25, 0.3) is 0 Å². The molecule has 0 N–H and O–H groups in total. The molecule has 0 amide bonds. The molecule has 150 valence electrons. The molecule has 0 bridgehead atoms. The summed E-state index contributed by atoms with van der Waals surface area (Å²) in [4.78, 5) is 15.9. The van der Waals surface area contributed by atoms with E-state index in [1.165, 1.54) is 5.69 Å². The minimum atomic E-state index is 0.549. The van der Waals surface area contributed by atoms with E-state index in [9.17, 15) is 4.79 Å². The number of carbonyl (C=O) groups excluding carboxylic acids is 1. The van der Waals surface area contributed by atoms with E-state index in [1.807, 2.05) is 13.0 Å². The molecule has 5 heteroatoms. The van der Waals surface area contributed by atoms with E-state index >= 15 is 0 Å². The fraction of sp³-hybridized carbons (Fsp3) is 0.435. The summed E-state index contributed by atoms with van der Waals surface area (Å²) in [7, 11) is 0. The fourth-order valence-corrected chi connectivity index (χ4v) is 3.47. The zero-order valence-electron chi connectivity index (χ0n) is 16.7. The molecule has 1 aliphatic rings. The zero-order valence-corrected chi connectivity index (χ0v) is 16.7. The first kappa shape index (κ1) is 20.2. The van der Waals surface area contributed by atoms with Crippen molar-refractivity contribution in [3.8, 4) is 11.5 Å². The summed E-state index contributed by atoms with van der Waals surface area (Å²) >= 11 is 0. The quantitative estimate of drug-likeness (QED) is 0.461. The summed E-state index contributed by atoms with van der Waals surface area (Å²) < 4.78 is 11.5. The van der Waals surface area contributed by atoms with Crippen molar-refractivity contribution in [2.45, 2.75) is 19.8 Å². The van der Waals surface area contributed by atoms with Crippen molar-refractivity contribution in [3.63, 3.8) is 0 Å². The van der Waals surface area contributed by atoms with Crippen LogP contribution in [0.5, 0.6) is 11.5 Å². The molecule has 0 spiro atoms. The van der Waals surface area contributed by atoms with E-state index in [0.717, 1.165) is 51.9 Å². The standard InChI is InChI=1S/C23H30N2O3/c1-2-27-23-18-20(19-26)10-11-22(23)28-17-7-6-12-24-13-15-25(16-14-24)21-8-4-3-5-9-21/h3-5,8-11,18-19H,2,6-7,12-17H2,1H3. The molecule has 1 aliphatic heterocycles. The number of rotatable bonds is 10. The van der Waals surface area contributed by atoms with Crippen LogP contribution in [-0.4, -0.2) is 57.1 Å². The molecule has 5 nitrogen and oxygen atoms in total. The second-order valence-electron chi connectivity index (χ2n) is 6.98. The maximum Gasteiger partial charge on any atom is 0.161 e. The number of anilines is 1. The van der Waals surface area contributed by atoms with Crippen LogP contribution < -0.4 is 14.4 Å². The Balaban J connectivity index is 1.35. The highest BCUT2D eigenvalue weighted by atomic mass is 16.5. The van der Waals surface area contributed by atoms with Gasteiger partial charge in [0.15, 0.2) is 11.5 Å². The Hall–Kier alpha value is -2.53. The summed E-state index contributed by atoms with van der Waals surface area (Å²) in [5.41, 5.74) is 1.92. The van der Waals surface area contributed by atoms with Gasteiger partial charge in [-0.15, -0.1) is 0 Å². The average molecular weight is 383 g/mol. The first-order valence-corrected chi connectivity index (χ1v) is 10.2. The molecule has 0 saturated carbocycles. The molecular weight excluding hydrogens is 352 g/mol. The van der Waals surface area contributed by atoms with Gasteiger partial charge in [-0.25, -0.2) is 0 Å². The number of aldehydes is 1. The van der Waals surface area contributed by atoms with Gasteiger partial charge in [-0.1, -0.05) is 18.2 Å². The van der Waals surface area contributed by atoms with Gasteiger partial charge >= 0.3 is 0 Å². The number of ether oxygens (including phenoxy) is 2. The molecule has 3 rings (SSSR count). The molecular formula is C23H30N2O3. The molecule has 0 atom stereocenters. The Morgan fingerprint density at radius 1 is 0.929 bits per heavy atom. The number of nitrogens with zero attached hydrogens (tertiary/aromatic N) is 2. The molecule has 1 saturated heterocycles. The first-order valence-electron chi connectivity index (χ1n) is 10.2. The number of benzene rings is 2. The number of hydrogen-bond donors (Lipinski definition) is 0. The van der Waals surface area contributed by atoms with E-state index < -0.39 is 0 Å². The first-order chi connectivity index (χ1) is 13.8. The van der Waals surface area contributed by atoms with E-state index in [0.29, 0.717) is 30.3 Å². The lowest BCUT2D eigenvalue weighted by atomic mass is 10.2. The Kier molecular flexibility index (Phi) is 7.73. The van der Waals surface area contributed by atoms with Gasteiger partial charge in [0.2, 0.25) is 0 Å². The van der Waals surface area contributed by atoms with Crippen LogP contribution in [0.2, 0.25) is 0 Å². The minimum absolute atomic E-state index is 0.549. The van der Waals surface area contributed by atoms with E-state index in [2.05, 4.69) is 40.1 Å². The van der Waals surface area contributed by atoms with Gasteiger partial charge in [0.1, 0.15) is 6.29 Å². The lowest BCUT2D eigenvalue weighted by Crippen LogP contribution is -2.46. The number of para-hydroxylation sites is 1. The van der Waals surface area contributed by atoms with Crippen molar-refractivity contribution >= 4 is 12.0 Å². The maximum atomic E-state index is 10.9. The number of carbonyl (C=O) groups is 1. The molecule has 0 radical (unpaired) electrons. The van der Waals surface area contributed by atoms with E-state index in [4.69, 9.17) is 9.47 Å². The van der Waals surface area contributed by atoms with Gasteiger partial charge in [-0.3, -0.25) is 9.69 Å². The third kappa shape index (κ3) is 5.73. The molecule has 28 heavy (non-hydrogen) atoms. The summed E-state index contributed by atoms with van der Waals surface area (Å²) in [6, 6.07) is 16.0. The van der Waals surface area contributed by atoms with Crippen LogP contribution in [0, 0.1) is 0 Å². The SMILES string of the molecule is CCOc1cc(C=O)ccc1OCCCCN1CCN(c2ccccc2)CC1. The topological polar surface area (TPSA) is 42.0 Å². The van der Waals surface area contributed by atoms with Crippen molar-refractivity contribution in [2.75, 3.05) is 50.8 Å². The van der Waals surface area contributed by atoms with Gasteiger partial charge < -0.3 is 14.4 Å². The van der Waals surface area contributed by atoms with Crippen LogP contribution in [-0.2, 0) is 0 Å². The predicted molar refractivity (Wildman–Crippen MR) is 113 cm³/mol. The summed E-state index contributed by atoms with van der Waals surface area (Å²) in [5, 5.41) is 0. The number of hydrogen-bond acceptors (Lipinski definition) is 5. The lowest BCUT2D eigenvalue weighted by Gasteiger charge is -2.36. The lowest BCUT2D eigenvalue weighted by molar-refractivity contribution is 0.112. The third-order valence-corrected chi connectivity index (χ3v) is 5.02. The maximum absolute atomic E-state index is 10.9. The predicted octanol–water partition coefficient (Wildman–Crippen LogP) is 3.88. The fourth-order valence-electron chi connectivity index (χ4n) is 3.47. The van der Waals surface area contributed by atoms with E-state index in [1.54, 1.807) is 12.1 Å². The number of unbranched alkanes of at least 4 members (excludes halogenated alkanes) is 1. The minimum Gasteiger partial charge on any atom is -0.490 e. The Labute approximate surface area is 167 Å². The third-order valence-electron chi connectivity index (χ3n) is 5.02. The highest BCUT2D eigenvalue weighted by Crippen LogP contribution is 2.28. The van der Waals surface area contributed by atoms with Crippen molar-refractivity contribution in [2.24, 2.45) is 0 Å². The van der Waals surface area contributed by atoms with Gasteiger partial charge in [0, 0.05) is 37.4 Å². The molecule has 2 aromatic rings. The molecule has 2 aromatic carbocycles. The van der Waals surface area contributed by atoms with Crippen LogP contribution in [0.3, 0.4) is 0 Å². The van der Waals surface area contributed by atoms with Crippen molar-refractivity contribution < 1.29 is 14.3 Å². The van der Waals surface area contributed by atoms with Gasteiger partial charge in [-0.2, -0.15) is 0 Å². The molecule has 1 fully saturated rings. The number of piperazine rings is 1. The average Bonchev–Trinajstić information content (AvgIpc) is 2.75. The second-order valence-corrected chi connectivity index (χ2v) is 6.98. The van der Waals surface area contributed by atoms with Crippen LogP contribution in [0.15, 0.2) is 48.5 Å². The molecule has 0 aromatic heterocycles. The van der Waals surface area contributed by atoms with Crippen molar-refractivity contribution in [1.82, 2.24) is 4.90 Å². The summed E-state index contributed by atoms with van der Waals surface area (Å²) in [6.45, 7) is 8.62. The highest BCUT2D eigenvalue weighted by molar-refractivity contribution is 5.76. The van der Waals surface area contributed by atoms with Crippen molar-refractivity contribution in [1.29, 1.82) is 0 Å². The van der Waals surface area contributed by atoms with Gasteiger partial charge in [0.05, 0.1) is 13.2 Å². The molecule has 1 heterocycles. The molecule has 0 aliphatic carbocycles. The van der Waals surface area contributed by atoms with Gasteiger partial charge in [-0.05, 0) is 56.6 Å². The Morgan fingerprint density at radius 2 is 1.71 bits per heavy atom. The van der Waals surface area contributed by atoms with E-state index in [-0.39, 0.29) is 0 Å². The smallest absolute Gasteiger partial charge is 0.161 e. The highest BCUT2D eigenvalue weighted by Gasteiger charge is 2.16. The Morgan fingerprint density at radius 3 is 2.43 bits per heavy atom. The van der Waals surface area contributed by atoms with Crippen molar-refractivity contribution in [3.05, 3.63) is 54.1 Å². The zero-order chi connectivity index (χ0) is 19.6.